The van der Waals surface area contributed by atoms with Crippen molar-refractivity contribution in [2.24, 2.45) is 7.05 Å². The van der Waals surface area contributed by atoms with Gasteiger partial charge in [0.15, 0.2) is 0 Å². The van der Waals surface area contributed by atoms with Gasteiger partial charge in [0.1, 0.15) is 0 Å². The van der Waals surface area contributed by atoms with Crippen LogP contribution in [0.4, 0.5) is 0 Å². The Labute approximate surface area is 125 Å². The molecule has 0 radical (unpaired) electrons. The Balaban J connectivity index is 1.56. The van der Waals surface area contributed by atoms with Gasteiger partial charge < -0.3 is 10.6 Å². The van der Waals surface area contributed by atoms with Gasteiger partial charge in [-0.25, -0.2) is 0 Å². The Morgan fingerprint density at radius 1 is 1.43 bits per heavy atom. The highest BCUT2D eigenvalue weighted by Crippen LogP contribution is 2.24. The first-order valence-electron chi connectivity index (χ1n) is 7.97. The summed E-state index contributed by atoms with van der Waals surface area (Å²) in [4.78, 5) is 14.9. The maximum Gasteiger partial charge on any atom is 0.237 e. The van der Waals surface area contributed by atoms with Gasteiger partial charge in [0, 0.05) is 19.3 Å². The summed E-state index contributed by atoms with van der Waals surface area (Å²) < 4.78 is 1.81. The third kappa shape index (κ3) is 3.27. The molecule has 1 atom stereocenters. The molecule has 2 saturated heterocycles. The minimum atomic E-state index is 0.0568. The summed E-state index contributed by atoms with van der Waals surface area (Å²) >= 11 is 0. The number of nitrogens with one attached hydrogen (secondary N) is 2. The monoisotopic (exact) mass is 291 g/mol. The van der Waals surface area contributed by atoms with E-state index in [4.69, 9.17) is 0 Å². The number of nitrogens with zero attached hydrogens (tertiary/aromatic N) is 3. The minimum Gasteiger partial charge on any atom is -0.349 e. The summed E-state index contributed by atoms with van der Waals surface area (Å²) in [5.41, 5.74) is 1.04. The molecule has 1 aromatic rings. The van der Waals surface area contributed by atoms with Crippen molar-refractivity contribution in [1.82, 2.24) is 25.3 Å². The topological polar surface area (TPSA) is 62.2 Å². The summed E-state index contributed by atoms with van der Waals surface area (Å²) in [7, 11) is 1.90. The molecule has 3 heterocycles. The van der Waals surface area contributed by atoms with Gasteiger partial charge in [-0.15, -0.1) is 0 Å². The van der Waals surface area contributed by atoms with E-state index in [0.29, 0.717) is 12.6 Å². The fourth-order valence-electron chi connectivity index (χ4n) is 3.52. The summed E-state index contributed by atoms with van der Waals surface area (Å²) in [5, 5.41) is 10.6. The van der Waals surface area contributed by atoms with Crippen LogP contribution in [-0.4, -0.2) is 52.3 Å². The minimum absolute atomic E-state index is 0.0568. The molecule has 2 aliphatic rings. The Morgan fingerprint density at radius 3 is 2.95 bits per heavy atom. The Hall–Kier alpha value is -1.40. The van der Waals surface area contributed by atoms with E-state index in [-0.39, 0.29) is 11.9 Å². The first-order chi connectivity index (χ1) is 10.3. The molecule has 0 aromatic carbocycles. The smallest absolute Gasteiger partial charge is 0.237 e. The van der Waals surface area contributed by atoms with Gasteiger partial charge in [-0.2, -0.15) is 5.10 Å². The van der Waals surface area contributed by atoms with Crippen molar-refractivity contribution >= 4 is 5.91 Å². The first-order valence-corrected chi connectivity index (χ1v) is 7.97. The number of hydrogen-bond acceptors (Lipinski definition) is 4. The molecule has 116 valence electrons. The van der Waals surface area contributed by atoms with Crippen molar-refractivity contribution in [3.63, 3.8) is 0 Å². The number of carbonyl (C=O) groups is 1. The Morgan fingerprint density at radius 2 is 2.24 bits per heavy atom. The van der Waals surface area contributed by atoms with Gasteiger partial charge in [0.05, 0.1) is 18.3 Å². The molecule has 21 heavy (non-hydrogen) atoms. The molecule has 1 aromatic heterocycles. The number of amides is 1. The normalized spacial score (nSPS) is 24.3. The number of carbonyl (C=O) groups excluding carboxylic acids is 1. The van der Waals surface area contributed by atoms with E-state index in [1.165, 1.54) is 0 Å². The molecule has 1 amide bonds. The van der Waals surface area contributed by atoms with Gasteiger partial charge in [0.2, 0.25) is 5.91 Å². The second kappa shape index (κ2) is 6.58. The standard InChI is InChI=1S/C15H25N5O/c1-19-13(6-9-18-19)11-17-15(21)14-3-2-10-20(14)12-4-7-16-8-5-12/h6,9,12,14,16H,2-5,7-8,10-11H2,1H3,(H,17,21). The number of hydrogen-bond donors (Lipinski definition) is 2. The molecule has 2 fully saturated rings. The lowest BCUT2D eigenvalue weighted by Crippen LogP contribution is -2.50. The van der Waals surface area contributed by atoms with Gasteiger partial charge in [-0.05, 0) is 51.4 Å². The lowest BCUT2D eigenvalue weighted by atomic mass is 10.0. The molecule has 0 bridgehead atoms. The van der Waals surface area contributed by atoms with Crippen LogP contribution in [0.15, 0.2) is 12.3 Å². The number of rotatable bonds is 4. The van der Waals surface area contributed by atoms with Crippen LogP contribution in [0.1, 0.15) is 31.4 Å². The highest BCUT2D eigenvalue weighted by Gasteiger charge is 2.35. The lowest BCUT2D eigenvalue weighted by molar-refractivity contribution is -0.126. The third-order valence-electron chi connectivity index (χ3n) is 4.74. The van der Waals surface area contributed by atoms with Crippen molar-refractivity contribution in [2.45, 2.75) is 44.3 Å². The fraction of sp³-hybridized carbons (Fsp3) is 0.733. The molecule has 2 aliphatic heterocycles. The molecule has 1 unspecified atom stereocenters. The first kappa shape index (κ1) is 14.5. The van der Waals surface area contributed by atoms with E-state index in [1.807, 2.05) is 13.1 Å². The average Bonchev–Trinajstić information content (AvgIpc) is 3.15. The zero-order valence-electron chi connectivity index (χ0n) is 12.7. The van der Waals surface area contributed by atoms with Crippen LogP contribution in [0.2, 0.25) is 0 Å². The van der Waals surface area contributed by atoms with E-state index in [2.05, 4.69) is 20.6 Å². The maximum absolute atomic E-state index is 12.5. The molecule has 2 N–H and O–H groups in total. The van der Waals surface area contributed by atoms with Crippen molar-refractivity contribution < 1.29 is 4.79 Å². The highest BCUT2D eigenvalue weighted by molar-refractivity contribution is 5.82. The van der Waals surface area contributed by atoms with Crippen LogP contribution in [0.5, 0.6) is 0 Å². The Bertz CT molecular complexity index is 480. The van der Waals surface area contributed by atoms with E-state index in [0.717, 1.165) is 51.0 Å². The molecule has 6 heteroatoms. The molecule has 3 rings (SSSR count). The summed E-state index contributed by atoms with van der Waals surface area (Å²) in [6.07, 6.45) is 6.20. The SMILES string of the molecule is Cn1nccc1CNC(=O)C1CCCN1C1CCNCC1. The number of piperidine rings is 1. The van der Waals surface area contributed by atoms with Crippen LogP contribution in [0.25, 0.3) is 0 Å². The van der Waals surface area contributed by atoms with E-state index in [1.54, 1.807) is 10.9 Å². The van der Waals surface area contributed by atoms with Crippen molar-refractivity contribution in [1.29, 1.82) is 0 Å². The fourth-order valence-corrected chi connectivity index (χ4v) is 3.52. The molecular formula is C15H25N5O. The number of likely N-dealkylation sites (tertiary alicyclic amines) is 1. The average molecular weight is 291 g/mol. The zero-order valence-corrected chi connectivity index (χ0v) is 12.7. The lowest BCUT2D eigenvalue weighted by Gasteiger charge is -2.35. The van der Waals surface area contributed by atoms with Crippen molar-refractivity contribution in [2.75, 3.05) is 19.6 Å². The zero-order chi connectivity index (χ0) is 14.7. The largest absolute Gasteiger partial charge is 0.349 e. The molecule has 6 nitrogen and oxygen atoms in total. The van der Waals surface area contributed by atoms with Crippen molar-refractivity contribution in [3.05, 3.63) is 18.0 Å². The van der Waals surface area contributed by atoms with Gasteiger partial charge in [-0.3, -0.25) is 14.4 Å². The van der Waals surface area contributed by atoms with Crippen LogP contribution in [0, 0.1) is 0 Å². The molecule has 0 saturated carbocycles. The van der Waals surface area contributed by atoms with Gasteiger partial charge in [-0.1, -0.05) is 0 Å². The Kier molecular flexibility index (Phi) is 4.55. The summed E-state index contributed by atoms with van der Waals surface area (Å²) in [5.74, 6) is 0.173. The third-order valence-corrected chi connectivity index (χ3v) is 4.74. The predicted molar refractivity (Wildman–Crippen MR) is 80.7 cm³/mol. The second-order valence-corrected chi connectivity index (χ2v) is 6.04. The van der Waals surface area contributed by atoms with Crippen molar-refractivity contribution in [3.8, 4) is 0 Å². The van der Waals surface area contributed by atoms with E-state index < -0.39 is 0 Å². The van der Waals surface area contributed by atoms with E-state index >= 15 is 0 Å². The number of aryl methyl sites for hydroxylation is 1. The summed E-state index contributed by atoms with van der Waals surface area (Å²) in [6, 6.07) is 2.57. The van der Waals surface area contributed by atoms with Crippen LogP contribution < -0.4 is 10.6 Å². The highest BCUT2D eigenvalue weighted by atomic mass is 16.2. The second-order valence-electron chi connectivity index (χ2n) is 6.04. The van der Waals surface area contributed by atoms with Crippen LogP contribution in [0.3, 0.4) is 0 Å². The quantitative estimate of drug-likeness (QED) is 0.835. The van der Waals surface area contributed by atoms with Gasteiger partial charge in [0.25, 0.3) is 0 Å². The van der Waals surface area contributed by atoms with Gasteiger partial charge >= 0.3 is 0 Å². The maximum atomic E-state index is 12.5. The molecular weight excluding hydrogens is 266 g/mol. The van der Waals surface area contributed by atoms with Crippen LogP contribution >= 0.6 is 0 Å². The van der Waals surface area contributed by atoms with E-state index in [9.17, 15) is 4.79 Å². The van der Waals surface area contributed by atoms with Crippen LogP contribution in [-0.2, 0) is 18.4 Å². The molecule has 0 spiro atoms. The predicted octanol–water partition coefficient (Wildman–Crippen LogP) is 0.253. The summed E-state index contributed by atoms with van der Waals surface area (Å²) in [6.45, 7) is 3.77. The molecule has 0 aliphatic carbocycles. The number of aromatic nitrogens is 2.